The van der Waals surface area contributed by atoms with Crippen molar-refractivity contribution in [3.8, 4) is 0 Å². The first-order valence-corrected chi connectivity index (χ1v) is 1.85. The Labute approximate surface area is 80.1 Å². The molecule has 5 nitrogen and oxygen atoms in total. The van der Waals surface area contributed by atoms with Crippen molar-refractivity contribution in [1.82, 2.24) is 4.98 Å². The summed E-state index contributed by atoms with van der Waals surface area (Å²) < 4.78 is 0. The average Bonchev–Trinajstić information content (AvgIpc) is 1.72. The quantitative estimate of drug-likeness (QED) is 0.624. The fourth-order valence-corrected chi connectivity index (χ4v) is 0.313. The molecule has 0 aromatic carbocycles. The van der Waals surface area contributed by atoms with Gasteiger partial charge in [0.05, 0.1) is 0 Å². The van der Waals surface area contributed by atoms with Crippen LogP contribution in [0, 0.1) is 0 Å². The van der Waals surface area contributed by atoms with E-state index in [0.717, 1.165) is 0 Å². The summed E-state index contributed by atoms with van der Waals surface area (Å²) in [6.07, 6.45) is 3.50. The first kappa shape index (κ1) is 31.1. The van der Waals surface area contributed by atoms with Crippen LogP contribution in [0.1, 0.15) is 0 Å². The molecule has 0 saturated carbocycles. The van der Waals surface area contributed by atoms with Crippen LogP contribution in [-0.2, 0) is 19.5 Å². The molecule has 0 aliphatic carbocycles. The summed E-state index contributed by atoms with van der Waals surface area (Å²) in [5.74, 6) is 0. The molecule has 8 N–H and O–H groups in total. The maximum absolute atomic E-state index is 3.78. The third kappa shape index (κ3) is 17.7. The third-order valence-electron chi connectivity index (χ3n) is 0.566. The summed E-state index contributed by atoms with van der Waals surface area (Å²) >= 11 is 0. The van der Waals surface area contributed by atoms with E-state index >= 15 is 0 Å². The number of rotatable bonds is 0. The van der Waals surface area contributed by atoms with Gasteiger partial charge in [0.25, 0.3) is 0 Å². The zero-order valence-electron chi connectivity index (χ0n) is 6.00. The molecule has 0 amide bonds. The molecule has 11 heavy (non-hydrogen) atoms. The van der Waals surface area contributed by atoms with Gasteiger partial charge in [0, 0.05) is 12.4 Å². The molecule has 0 aliphatic rings. The van der Waals surface area contributed by atoms with Gasteiger partial charge in [-0.1, -0.05) is 6.07 Å². The summed E-state index contributed by atoms with van der Waals surface area (Å²) in [6, 6.07) is 5.72. The predicted molar refractivity (Wildman–Crippen MR) is 45.4 cm³/mol. The van der Waals surface area contributed by atoms with Crippen molar-refractivity contribution >= 4 is 0 Å². The van der Waals surface area contributed by atoms with E-state index in [-0.39, 0.29) is 44.1 Å². The monoisotopic (exact) mass is 245 g/mol. The Balaban J connectivity index is -0.0000000240. The molecule has 0 aliphatic heterocycles. The minimum Gasteiger partial charge on any atom is -0.693 e. The summed E-state index contributed by atoms with van der Waals surface area (Å²) in [5.41, 5.74) is 0. The van der Waals surface area contributed by atoms with Gasteiger partial charge in [-0.2, -0.15) is 0 Å². The molecule has 1 rings (SSSR count). The number of aromatic nitrogens is 1. The third-order valence-corrected chi connectivity index (χ3v) is 0.566. The van der Waals surface area contributed by atoms with E-state index in [1.54, 1.807) is 12.4 Å². The van der Waals surface area contributed by atoms with Gasteiger partial charge in [-0.3, -0.25) is 4.98 Å². The second-order valence-corrected chi connectivity index (χ2v) is 1.02. The molecule has 0 atom stereocenters. The zero-order valence-corrected chi connectivity index (χ0v) is 7.74. The van der Waals surface area contributed by atoms with Crippen molar-refractivity contribution in [2.75, 3.05) is 0 Å². The molecule has 0 fully saturated rings. The number of nitrogens with zero attached hydrogens (tertiary/aromatic N) is 1. The summed E-state index contributed by atoms with van der Waals surface area (Å²) in [6.45, 7) is 0. The number of pyridine rings is 1. The first-order valence-electron chi connectivity index (χ1n) is 1.85. The maximum Gasteiger partial charge on any atom is 3.00 e. The Morgan fingerprint density at radius 2 is 1.00 bits per heavy atom. The van der Waals surface area contributed by atoms with Crippen molar-refractivity contribution in [3.05, 3.63) is 55.2 Å². The molecule has 67 valence electrons. The largest absolute Gasteiger partial charge is 3.00 e. The average molecular weight is 244 g/mol. The van der Waals surface area contributed by atoms with Crippen molar-refractivity contribution in [2.24, 2.45) is 0 Å². The molecule has 0 bridgehead atoms. The van der Waals surface area contributed by atoms with Gasteiger partial charge in [-0.25, -0.2) is 0 Å². The Bertz CT molecular complexity index is 86.8. The predicted octanol–water partition coefficient (Wildman–Crippen LogP) is 3.95. The Morgan fingerprint density at radius 1 is 0.636 bits per heavy atom. The van der Waals surface area contributed by atoms with Gasteiger partial charge in [0.15, 0.2) is 0 Å². The van der Waals surface area contributed by atoms with Crippen LogP contribution < -0.4 is 0 Å². The van der Waals surface area contributed by atoms with Crippen LogP contribution in [-0.4, -0.2) is 4.98 Å². The van der Waals surface area contributed by atoms with Crippen molar-refractivity contribution in [3.63, 3.8) is 0 Å². The van der Waals surface area contributed by atoms with E-state index in [1.807, 2.05) is 18.2 Å². The van der Waals surface area contributed by atoms with Crippen LogP contribution in [0.25, 0.3) is 24.6 Å². The van der Waals surface area contributed by atoms with Crippen molar-refractivity contribution in [2.45, 2.75) is 0 Å². The van der Waals surface area contributed by atoms with Crippen molar-refractivity contribution < 1.29 is 19.5 Å². The summed E-state index contributed by atoms with van der Waals surface area (Å²) in [7, 11) is 0. The van der Waals surface area contributed by atoms with Gasteiger partial charge in [0.2, 0.25) is 0 Å². The van der Waals surface area contributed by atoms with Gasteiger partial charge in [-0.15, -0.1) is 0 Å². The van der Waals surface area contributed by atoms with E-state index in [0.29, 0.717) is 0 Å². The van der Waals surface area contributed by atoms with Crippen molar-refractivity contribution in [1.29, 1.82) is 0 Å². The maximum atomic E-state index is 3.78. The molecule has 1 aromatic rings. The Kier molecular flexibility index (Phi) is 64.1. The van der Waals surface area contributed by atoms with E-state index < -0.39 is 0 Å². The van der Waals surface area contributed by atoms with Gasteiger partial charge >= 0.3 is 19.5 Å². The van der Waals surface area contributed by atoms with Crippen LogP contribution in [0.5, 0.6) is 0 Å². The standard InChI is InChI=1S/C5H5N.4H2N.Ru/c1-2-4-6-5-3-1;;;;;/h1-5H;4*1H2;/q;4*-1;+3. The second-order valence-electron chi connectivity index (χ2n) is 1.02. The van der Waals surface area contributed by atoms with Crippen LogP contribution >= 0.6 is 0 Å². The number of nitrogens with two attached hydrogens (primary N) is 4. The molecular formula is C5H13N5Ru-. The van der Waals surface area contributed by atoms with Crippen LogP contribution in [0.2, 0.25) is 0 Å². The summed E-state index contributed by atoms with van der Waals surface area (Å²) in [5, 5.41) is 0. The minimum absolute atomic E-state index is 0. The topological polar surface area (TPSA) is 147 Å². The Morgan fingerprint density at radius 3 is 1.09 bits per heavy atom. The SMILES string of the molecule is [NH2-].[NH2-].[NH2-].[NH2-].[Ru+3].c1ccncc1. The van der Waals surface area contributed by atoms with E-state index in [9.17, 15) is 0 Å². The van der Waals surface area contributed by atoms with Gasteiger partial charge < -0.3 is 24.6 Å². The van der Waals surface area contributed by atoms with Gasteiger partial charge in [-0.05, 0) is 12.1 Å². The fourth-order valence-electron chi connectivity index (χ4n) is 0.313. The molecule has 1 radical (unpaired) electrons. The van der Waals surface area contributed by atoms with Gasteiger partial charge in [0.1, 0.15) is 0 Å². The second kappa shape index (κ2) is 22.6. The zero-order chi connectivity index (χ0) is 4.24. The molecule has 0 unspecified atom stereocenters. The van der Waals surface area contributed by atoms with Crippen LogP contribution in [0.4, 0.5) is 0 Å². The number of hydrogen-bond acceptors (Lipinski definition) is 1. The van der Waals surface area contributed by atoms with E-state index in [2.05, 4.69) is 4.98 Å². The number of hydrogen-bond donors (Lipinski definition) is 0. The normalized spacial score (nSPS) is 4.36. The summed E-state index contributed by atoms with van der Waals surface area (Å²) in [4.78, 5) is 3.78. The Hall–Kier alpha value is -0.387. The van der Waals surface area contributed by atoms with Crippen LogP contribution in [0.3, 0.4) is 0 Å². The first-order chi connectivity index (χ1) is 3.00. The van der Waals surface area contributed by atoms with E-state index in [1.165, 1.54) is 0 Å². The molecule has 1 aromatic heterocycles. The molecule has 0 spiro atoms. The smallest absolute Gasteiger partial charge is 0.693 e. The molecule has 0 saturated heterocycles. The molecular weight excluding hydrogens is 231 g/mol. The minimum atomic E-state index is 0. The molecule has 1 heterocycles. The fraction of sp³-hybridized carbons (Fsp3) is 0. The van der Waals surface area contributed by atoms with E-state index in [4.69, 9.17) is 0 Å². The van der Waals surface area contributed by atoms with Crippen LogP contribution in [0.15, 0.2) is 30.6 Å². The molecule has 6 heteroatoms.